The molecule has 1 aromatic heterocycles. The van der Waals surface area contributed by atoms with Crippen LogP contribution in [0, 0.1) is 19.3 Å². The average Bonchev–Trinajstić information content (AvgIpc) is 2.37. The molecule has 0 amide bonds. The van der Waals surface area contributed by atoms with Gasteiger partial charge in [0, 0.05) is 18.1 Å². The highest BCUT2D eigenvalue weighted by Gasteiger charge is 2.13. The van der Waals surface area contributed by atoms with E-state index in [9.17, 15) is 10.0 Å². The molecular weight excluding hydrogens is 226 g/mol. The van der Waals surface area contributed by atoms with E-state index in [0.29, 0.717) is 16.8 Å². The topological polar surface area (TPSA) is 42.2 Å². The molecule has 18 heavy (non-hydrogen) atoms. The lowest BCUT2D eigenvalue weighted by Gasteiger charge is -2.13. The predicted molar refractivity (Wildman–Crippen MR) is 70.6 cm³/mol. The molecule has 3 heteroatoms. The molecule has 0 fully saturated rings. The maximum Gasteiger partial charge on any atom is 0.283 e. The van der Waals surface area contributed by atoms with E-state index < -0.39 is 5.56 Å². The molecule has 1 aromatic carbocycles. The zero-order valence-corrected chi connectivity index (χ0v) is 10.1. The SMILES string of the molecule is C#CCc1c(C)cc(=O)n(O)c1-c1ccccc1. The maximum atomic E-state index is 11.7. The molecule has 0 radical (unpaired) electrons. The van der Waals surface area contributed by atoms with Crippen LogP contribution in [0.4, 0.5) is 0 Å². The zero-order chi connectivity index (χ0) is 13.1. The molecule has 3 nitrogen and oxygen atoms in total. The quantitative estimate of drug-likeness (QED) is 0.645. The number of nitrogens with zero attached hydrogens (tertiary/aromatic N) is 1. The van der Waals surface area contributed by atoms with E-state index >= 15 is 0 Å². The first-order valence-electron chi connectivity index (χ1n) is 5.59. The van der Waals surface area contributed by atoms with Crippen molar-refractivity contribution in [1.82, 2.24) is 4.73 Å². The third-order valence-electron chi connectivity index (χ3n) is 2.85. The third-order valence-corrected chi connectivity index (χ3v) is 2.85. The van der Waals surface area contributed by atoms with Crippen molar-refractivity contribution in [2.75, 3.05) is 0 Å². The number of rotatable bonds is 2. The number of hydrogen-bond acceptors (Lipinski definition) is 2. The first-order chi connectivity index (χ1) is 8.65. The fourth-order valence-corrected chi connectivity index (χ4v) is 1.98. The Kier molecular flexibility index (Phi) is 3.20. The van der Waals surface area contributed by atoms with E-state index in [1.165, 1.54) is 6.07 Å². The van der Waals surface area contributed by atoms with Crippen LogP contribution in [0.1, 0.15) is 11.1 Å². The molecule has 0 saturated carbocycles. The second kappa shape index (κ2) is 4.80. The van der Waals surface area contributed by atoms with Gasteiger partial charge in [0.05, 0.1) is 5.69 Å². The summed E-state index contributed by atoms with van der Waals surface area (Å²) in [5.41, 5.74) is 2.38. The molecule has 0 unspecified atom stereocenters. The Bertz CT molecular complexity index is 663. The van der Waals surface area contributed by atoms with Gasteiger partial charge >= 0.3 is 0 Å². The molecule has 0 aliphatic heterocycles. The summed E-state index contributed by atoms with van der Waals surface area (Å²) in [4.78, 5) is 11.7. The summed E-state index contributed by atoms with van der Waals surface area (Å²) in [6, 6.07) is 10.6. The maximum absolute atomic E-state index is 11.7. The number of aromatic nitrogens is 1. The van der Waals surface area contributed by atoms with Gasteiger partial charge in [0.25, 0.3) is 5.56 Å². The fourth-order valence-electron chi connectivity index (χ4n) is 1.98. The lowest BCUT2D eigenvalue weighted by Crippen LogP contribution is -2.21. The van der Waals surface area contributed by atoms with Crippen molar-refractivity contribution in [3.8, 4) is 23.6 Å². The van der Waals surface area contributed by atoms with Crippen LogP contribution in [0.3, 0.4) is 0 Å². The van der Waals surface area contributed by atoms with Crippen molar-refractivity contribution in [2.24, 2.45) is 0 Å². The van der Waals surface area contributed by atoms with Gasteiger partial charge in [-0.2, -0.15) is 0 Å². The minimum absolute atomic E-state index is 0.372. The van der Waals surface area contributed by atoms with Crippen LogP contribution in [0.25, 0.3) is 11.3 Å². The van der Waals surface area contributed by atoms with Crippen molar-refractivity contribution in [3.63, 3.8) is 0 Å². The minimum Gasteiger partial charge on any atom is -0.425 e. The number of benzene rings is 1. The van der Waals surface area contributed by atoms with E-state index in [1.54, 1.807) is 0 Å². The summed E-state index contributed by atoms with van der Waals surface area (Å²) in [6.45, 7) is 1.82. The molecule has 0 aliphatic rings. The summed E-state index contributed by atoms with van der Waals surface area (Å²) in [7, 11) is 0. The van der Waals surface area contributed by atoms with E-state index in [4.69, 9.17) is 6.42 Å². The Labute approximate surface area is 105 Å². The molecule has 0 spiro atoms. The van der Waals surface area contributed by atoms with Gasteiger partial charge in [0.1, 0.15) is 0 Å². The fraction of sp³-hybridized carbons (Fsp3) is 0.133. The lowest BCUT2D eigenvalue weighted by molar-refractivity contribution is 0.179. The van der Waals surface area contributed by atoms with Crippen LogP contribution in [0.5, 0.6) is 0 Å². The average molecular weight is 239 g/mol. The molecule has 0 atom stereocenters. The van der Waals surface area contributed by atoms with Gasteiger partial charge in [-0.15, -0.1) is 17.1 Å². The lowest BCUT2D eigenvalue weighted by atomic mass is 9.99. The van der Waals surface area contributed by atoms with Gasteiger partial charge in [-0.05, 0) is 18.1 Å². The van der Waals surface area contributed by atoms with Gasteiger partial charge in [0.2, 0.25) is 0 Å². The highest BCUT2D eigenvalue weighted by atomic mass is 16.5. The van der Waals surface area contributed by atoms with Gasteiger partial charge < -0.3 is 5.21 Å². The van der Waals surface area contributed by atoms with Crippen LogP contribution in [-0.4, -0.2) is 9.94 Å². The number of pyridine rings is 1. The van der Waals surface area contributed by atoms with E-state index in [1.807, 2.05) is 37.3 Å². The van der Waals surface area contributed by atoms with Gasteiger partial charge in [-0.3, -0.25) is 4.79 Å². The summed E-state index contributed by atoms with van der Waals surface area (Å²) in [6.07, 6.45) is 5.72. The molecule has 0 saturated heterocycles. The van der Waals surface area contributed by atoms with Gasteiger partial charge in [0.15, 0.2) is 0 Å². The van der Waals surface area contributed by atoms with Crippen molar-refractivity contribution < 1.29 is 5.21 Å². The minimum atomic E-state index is -0.452. The first kappa shape index (κ1) is 12.0. The summed E-state index contributed by atoms with van der Waals surface area (Å²) < 4.78 is 0.662. The van der Waals surface area contributed by atoms with E-state index in [2.05, 4.69) is 5.92 Å². The standard InChI is InChI=1S/C15H13NO2/c1-3-7-13-11(2)10-14(17)16(18)15(13)12-8-5-4-6-9-12/h1,4-6,8-10,18H,7H2,2H3. The third kappa shape index (κ3) is 2.01. The second-order valence-electron chi connectivity index (χ2n) is 4.05. The Morgan fingerprint density at radius 2 is 2.00 bits per heavy atom. The van der Waals surface area contributed by atoms with Crippen molar-refractivity contribution in [2.45, 2.75) is 13.3 Å². The number of aryl methyl sites for hydroxylation is 1. The van der Waals surface area contributed by atoms with Crippen LogP contribution in [-0.2, 0) is 6.42 Å². The number of hydrogen-bond donors (Lipinski definition) is 1. The summed E-state index contributed by atoms with van der Waals surface area (Å²) >= 11 is 0. The first-order valence-corrected chi connectivity index (χ1v) is 5.59. The smallest absolute Gasteiger partial charge is 0.283 e. The van der Waals surface area contributed by atoms with Gasteiger partial charge in [-0.25, -0.2) is 0 Å². The van der Waals surface area contributed by atoms with Crippen LogP contribution in [0.15, 0.2) is 41.2 Å². The van der Waals surface area contributed by atoms with Crippen LogP contribution in [0.2, 0.25) is 0 Å². The predicted octanol–water partition coefficient (Wildman–Crippen LogP) is 2.24. The second-order valence-corrected chi connectivity index (χ2v) is 4.05. The largest absolute Gasteiger partial charge is 0.425 e. The van der Waals surface area contributed by atoms with Crippen LogP contribution >= 0.6 is 0 Å². The molecule has 90 valence electrons. The van der Waals surface area contributed by atoms with E-state index in [0.717, 1.165) is 16.7 Å². The van der Waals surface area contributed by atoms with Crippen molar-refractivity contribution >= 4 is 0 Å². The highest BCUT2D eigenvalue weighted by Crippen LogP contribution is 2.24. The Morgan fingerprint density at radius 1 is 1.33 bits per heavy atom. The highest BCUT2D eigenvalue weighted by molar-refractivity contribution is 5.65. The normalized spacial score (nSPS) is 10.0. The molecular formula is C15H13NO2. The molecule has 2 aromatic rings. The van der Waals surface area contributed by atoms with Crippen LogP contribution < -0.4 is 5.56 Å². The monoisotopic (exact) mass is 239 g/mol. The van der Waals surface area contributed by atoms with Crippen molar-refractivity contribution in [1.29, 1.82) is 0 Å². The molecule has 1 heterocycles. The molecule has 2 rings (SSSR count). The molecule has 1 N–H and O–H groups in total. The zero-order valence-electron chi connectivity index (χ0n) is 10.1. The molecule has 0 aliphatic carbocycles. The Balaban J connectivity index is 2.80. The Morgan fingerprint density at radius 3 is 2.61 bits per heavy atom. The van der Waals surface area contributed by atoms with Crippen molar-refractivity contribution in [3.05, 3.63) is 57.9 Å². The van der Waals surface area contributed by atoms with Gasteiger partial charge in [-0.1, -0.05) is 30.3 Å². The number of terminal acetylenes is 1. The summed E-state index contributed by atoms with van der Waals surface area (Å²) in [5, 5.41) is 9.92. The van der Waals surface area contributed by atoms with E-state index in [-0.39, 0.29) is 0 Å². The Hall–Kier alpha value is -2.47. The summed E-state index contributed by atoms with van der Waals surface area (Å²) in [5.74, 6) is 2.56. The molecule has 0 bridgehead atoms.